The Morgan fingerprint density at radius 3 is 2.80 bits per heavy atom. The number of aromatic amines is 1. The number of H-pyrrole nitrogens is 1. The van der Waals surface area contributed by atoms with Gasteiger partial charge in [0.2, 0.25) is 0 Å². The lowest BCUT2D eigenvalue weighted by atomic mass is 9.75. The molecule has 0 aliphatic carbocycles. The van der Waals surface area contributed by atoms with Crippen LogP contribution in [0, 0.1) is 6.92 Å². The van der Waals surface area contributed by atoms with Crippen LogP contribution in [0.15, 0.2) is 49.3 Å². The molecule has 0 spiro atoms. The summed E-state index contributed by atoms with van der Waals surface area (Å²) in [6.45, 7) is 10.9. The number of aryl methyl sites for hydroxylation is 1. The topological polar surface area (TPSA) is 31.9 Å². The molecule has 1 aliphatic rings. The lowest BCUT2D eigenvalue weighted by Crippen LogP contribution is -2.42. The van der Waals surface area contributed by atoms with Gasteiger partial charge in [0.05, 0.1) is 0 Å². The fourth-order valence-electron chi connectivity index (χ4n) is 4.35. The van der Waals surface area contributed by atoms with Crippen molar-refractivity contribution in [1.29, 1.82) is 0 Å². The molecule has 25 heavy (non-hydrogen) atoms. The summed E-state index contributed by atoms with van der Waals surface area (Å²) in [7, 11) is 2.21. The van der Waals surface area contributed by atoms with E-state index in [0.717, 1.165) is 19.5 Å². The van der Waals surface area contributed by atoms with Crippen LogP contribution in [-0.2, 0) is 12.0 Å². The van der Waals surface area contributed by atoms with Gasteiger partial charge in [-0.3, -0.25) is 4.98 Å². The molecule has 4 rings (SSSR count). The average molecular weight is 331 g/mol. The Hall–Kier alpha value is -2.39. The van der Waals surface area contributed by atoms with Gasteiger partial charge in [0.25, 0.3) is 0 Å². The average Bonchev–Trinajstić information content (AvgIpc) is 2.94. The van der Waals surface area contributed by atoms with Gasteiger partial charge in [-0.25, -0.2) is 0 Å². The molecular weight excluding hydrogens is 306 g/mol. The Kier molecular flexibility index (Phi) is 3.77. The third-order valence-electron chi connectivity index (χ3n) is 5.40. The zero-order chi connectivity index (χ0) is 17.6. The summed E-state index contributed by atoms with van der Waals surface area (Å²) in [5.41, 5.74) is 7.74. The Bertz CT molecular complexity index is 939. The van der Waals surface area contributed by atoms with Gasteiger partial charge in [0.15, 0.2) is 0 Å². The van der Waals surface area contributed by atoms with Crippen LogP contribution in [0.3, 0.4) is 0 Å². The van der Waals surface area contributed by atoms with E-state index in [1.807, 2.05) is 24.5 Å². The van der Waals surface area contributed by atoms with Gasteiger partial charge in [-0.1, -0.05) is 25.1 Å². The number of rotatable bonds is 3. The molecule has 3 nitrogen and oxygen atoms in total. The highest BCUT2D eigenvalue weighted by Gasteiger charge is 2.37. The van der Waals surface area contributed by atoms with Crippen molar-refractivity contribution in [1.82, 2.24) is 14.9 Å². The SMILES string of the molecule is C=C(C[C@@]1(C)CN(C)Cc2c1[nH]c1ccc(C)cc21)c1ccncc1. The second-order valence-corrected chi connectivity index (χ2v) is 7.78. The van der Waals surface area contributed by atoms with Gasteiger partial charge in [0.1, 0.15) is 0 Å². The molecule has 2 aromatic heterocycles. The number of nitrogens with one attached hydrogen (secondary N) is 1. The van der Waals surface area contributed by atoms with Crippen molar-refractivity contribution >= 4 is 16.5 Å². The standard InChI is InChI=1S/C22H25N3/c1-15-5-6-20-18(11-15)19-13-25(4)14-22(3,21(19)24-20)12-16(2)17-7-9-23-10-8-17/h5-11,24H,2,12-14H2,1,3-4H3/t22-/m0/s1. The van der Waals surface area contributed by atoms with Crippen molar-refractivity contribution in [2.75, 3.05) is 13.6 Å². The predicted octanol–water partition coefficient (Wildman–Crippen LogP) is 4.68. The van der Waals surface area contributed by atoms with E-state index in [4.69, 9.17) is 0 Å². The first kappa shape index (κ1) is 16.1. The molecule has 0 fully saturated rings. The number of aromatic nitrogens is 2. The molecule has 1 aliphatic heterocycles. The van der Waals surface area contributed by atoms with E-state index in [1.165, 1.54) is 38.9 Å². The molecule has 1 aromatic carbocycles. The van der Waals surface area contributed by atoms with Gasteiger partial charge in [-0.15, -0.1) is 0 Å². The van der Waals surface area contributed by atoms with E-state index < -0.39 is 0 Å². The minimum atomic E-state index is 0.0234. The van der Waals surface area contributed by atoms with E-state index in [0.29, 0.717) is 0 Å². The first-order chi connectivity index (χ1) is 12.0. The molecule has 128 valence electrons. The molecule has 3 heterocycles. The maximum absolute atomic E-state index is 4.37. The van der Waals surface area contributed by atoms with Crippen LogP contribution in [0.2, 0.25) is 0 Å². The zero-order valence-electron chi connectivity index (χ0n) is 15.3. The van der Waals surface area contributed by atoms with E-state index in [9.17, 15) is 0 Å². The maximum atomic E-state index is 4.37. The summed E-state index contributed by atoms with van der Waals surface area (Å²) in [5.74, 6) is 0. The number of benzene rings is 1. The fourth-order valence-corrected chi connectivity index (χ4v) is 4.35. The van der Waals surface area contributed by atoms with Crippen LogP contribution in [0.25, 0.3) is 16.5 Å². The van der Waals surface area contributed by atoms with Crippen LogP contribution < -0.4 is 0 Å². The van der Waals surface area contributed by atoms with Crippen molar-refractivity contribution in [3.63, 3.8) is 0 Å². The Balaban J connectivity index is 1.78. The van der Waals surface area contributed by atoms with E-state index >= 15 is 0 Å². The summed E-state index contributed by atoms with van der Waals surface area (Å²) >= 11 is 0. The smallest absolute Gasteiger partial charge is 0.0459 e. The summed E-state index contributed by atoms with van der Waals surface area (Å²) < 4.78 is 0. The number of likely N-dealkylation sites (N-methyl/N-ethyl adjacent to an activating group) is 1. The molecule has 3 aromatic rings. The molecule has 0 saturated heterocycles. The summed E-state index contributed by atoms with van der Waals surface area (Å²) in [4.78, 5) is 10.3. The molecule has 3 heteroatoms. The number of allylic oxidation sites excluding steroid dienone is 1. The second kappa shape index (κ2) is 5.85. The normalized spacial score (nSPS) is 20.6. The molecule has 0 bridgehead atoms. The lowest BCUT2D eigenvalue weighted by molar-refractivity contribution is 0.223. The fraction of sp³-hybridized carbons (Fsp3) is 0.318. The molecular formula is C22H25N3. The molecule has 0 saturated carbocycles. The van der Waals surface area contributed by atoms with Crippen molar-refractivity contribution in [3.05, 3.63) is 71.7 Å². The number of pyridine rings is 1. The van der Waals surface area contributed by atoms with Gasteiger partial charge in [-0.2, -0.15) is 0 Å². The van der Waals surface area contributed by atoms with Crippen molar-refractivity contribution in [3.8, 4) is 0 Å². The van der Waals surface area contributed by atoms with Crippen molar-refractivity contribution in [2.45, 2.75) is 32.2 Å². The second-order valence-electron chi connectivity index (χ2n) is 7.78. The van der Waals surface area contributed by atoms with Crippen LogP contribution in [0.1, 0.15) is 35.7 Å². The van der Waals surface area contributed by atoms with Crippen LogP contribution in [-0.4, -0.2) is 28.5 Å². The summed E-state index contributed by atoms with van der Waals surface area (Å²) in [6, 6.07) is 10.8. The zero-order valence-corrected chi connectivity index (χ0v) is 15.3. The van der Waals surface area contributed by atoms with Crippen LogP contribution >= 0.6 is 0 Å². The maximum Gasteiger partial charge on any atom is 0.0459 e. The quantitative estimate of drug-likeness (QED) is 0.756. The predicted molar refractivity (Wildman–Crippen MR) is 105 cm³/mol. The Labute approximate surface area is 149 Å². The molecule has 0 unspecified atom stereocenters. The molecule has 1 atom stereocenters. The van der Waals surface area contributed by atoms with Gasteiger partial charge >= 0.3 is 0 Å². The van der Waals surface area contributed by atoms with Gasteiger partial charge < -0.3 is 9.88 Å². The largest absolute Gasteiger partial charge is 0.358 e. The third-order valence-corrected chi connectivity index (χ3v) is 5.40. The Morgan fingerprint density at radius 2 is 2.04 bits per heavy atom. The highest BCUT2D eigenvalue weighted by atomic mass is 15.1. The summed E-state index contributed by atoms with van der Waals surface area (Å²) in [5, 5.41) is 1.36. The lowest BCUT2D eigenvalue weighted by Gasteiger charge is -2.39. The monoisotopic (exact) mass is 331 g/mol. The Morgan fingerprint density at radius 1 is 1.28 bits per heavy atom. The number of nitrogens with zero attached hydrogens (tertiary/aromatic N) is 2. The number of fused-ring (bicyclic) bond motifs is 3. The summed E-state index contributed by atoms with van der Waals surface area (Å²) in [6.07, 6.45) is 4.61. The first-order valence-corrected chi connectivity index (χ1v) is 8.85. The van der Waals surface area contributed by atoms with Crippen molar-refractivity contribution in [2.24, 2.45) is 0 Å². The van der Waals surface area contributed by atoms with E-state index in [-0.39, 0.29) is 5.41 Å². The minimum absolute atomic E-state index is 0.0234. The van der Waals surface area contributed by atoms with Gasteiger partial charge in [-0.05, 0) is 61.4 Å². The van der Waals surface area contributed by atoms with E-state index in [2.05, 4.69) is 60.5 Å². The first-order valence-electron chi connectivity index (χ1n) is 8.85. The van der Waals surface area contributed by atoms with E-state index in [1.54, 1.807) is 0 Å². The molecule has 0 amide bonds. The highest BCUT2D eigenvalue weighted by Crippen LogP contribution is 2.42. The minimum Gasteiger partial charge on any atom is -0.358 e. The number of hydrogen-bond donors (Lipinski definition) is 1. The third kappa shape index (κ3) is 2.79. The molecule has 1 N–H and O–H groups in total. The highest BCUT2D eigenvalue weighted by molar-refractivity contribution is 5.86. The molecule has 0 radical (unpaired) electrons. The van der Waals surface area contributed by atoms with Crippen LogP contribution in [0.5, 0.6) is 0 Å². The van der Waals surface area contributed by atoms with Crippen molar-refractivity contribution < 1.29 is 0 Å². The van der Waals surface area contributed by atoms with Gasteiger partial charge in [0, 0.05) is 47.5 Å². The van der Waals surface area contributed by atoms with Crippen LogP contribution in [0.4, 0.5) is 0 Å². The number of hydrogen-bond acceptors (Lipinski definition) is 2.